The molecule has 2 heterocycles. The average Bonchev–Trinajstić information content (AvgIpc) is 2.79. The molecule has 2 aromatic rings. The lowest BCUT2D eigenvalue weighted by atomic mass is 10.1. The number of aromatic nitrogens is 1. The van der Waals surface area contributed by atoms with Crippen molar-refractivity contribution in [3.8, 4) is 0 Å². The van der Waals surface area contributed by atoms with Crippen molar-refractivity contribution < 1.29 is 4.79 Å². The van der Waals surface area contributed by atoms with Crippen LogP contribution >= 0.6 is 0 Å². The lowest BCUT2D eigenvalue weighted by Gasteiger charge is -2.16. The normalized spacial score (nSPS) is 19.3. The van der Waals surface area contributed by atoms with Gasteiger partial charge in [-0.1, -0.05) is 18.2 Å². The molecule has 4 heteroatoms. The van der Waals surface area contributed by atoms with Gasteiger partial charge in [0.25, 0.3) is 0 Å². The van der Waals surface area contributed by atoms with E-state index in [0.717, 1.165) is 23.0 Å². The fourth-order valence-corrected chi connectivity index (χ4v) is 2.60. The summed E-state index contributed by atoms with van der Waals surface area (Å²) in [5, 5.41) is 1.12. The first kappa shape index (κ1) is 12.1. The van der Waals surface area contributed by atoms with Crippen LogP contribution in [0.2, 0.25) is 0 Å². The van der Waals surface area contributed by atoms with Crippen LogP contribution in [0.1, 0.15) is 12.0 Å². The van der Waals surface area contributed by atoms with Gasteiger partial charge in [0, 0.05) is 31.1 Å². The molecular weight excluding hydrogens is 238 g/mol. The van der Waals surface area contributed by atoms with Gasteiger partial charge in [-0.2, -0.15) is 0 Å². The fraction of sp³-hybridized carbons (Fsp3) is 0.333. The molecule has 1 fully saturated rings. The van der Waals surface area contributed by atoms with Crippen LogP contribution in [0.4, 0.5) is 0 Å². The molecule has 4 nitrogen and oxygen atoms in total. The van der Waals surface area contributed by atoms with E-state index in [4.69, 9.17) is 5.73 Å². The maximum atomic E-state index is 11.9. The first-order valence-electron chi connectivity index (χ1n) is 6.58. The molecule has 1 atom stereocenters. The van der Waals surface area contributed by atoms with Crippen LogP contribution in [0.3, 0.4) is 0 Å². The Morgan fingerprint density at radius 2 is 2.26 bits per heavy atom. The summed E-state index contributed by atoms with van der Waals surface area (Å²) in [5.41, 5.74) is 7.73. The van der Waals surface area contributed by atoms with Crippen LogP contribution in [0, 0.1) is 5.92 Å². The third-order valence-electron chi connectivity index (χ3n) is 3.67. The van der Waals surface area contributed by atoms with Crippen molar-refractivity contribution in [3.63, 3.8) is 0 Å². The van der Waals surface area contributed by atoms with Crippen LogP contribution in [-0.2, 0) is 11.3 Å². The second-order valence-corrected chi connectivity index (χ2v) is 5.11. The Morgan fingerprint density at radius 3 is 3.05 bits per heavy atom. The number of fused-ring (bicyclic) bond motifs is 1. The number of benzene rings is 1. The van der Waals surface area contributed by atoms with Gasteiger partial charge < -0.3 is 10.6 Å². The molecular formula is C15H17N3O. The average molecular weight is 255 g/mol. The summed E-state index contributed by atoms with van der Waals surface area (Å²) in [4.78, 5) is 18.1. The Kier molecular flexibility index (Phi) is 3.17. The second kappa shape index (κ2) is 4.97. The van der Waals surface area contributed by atoms with Crippen molar-refractivity contribution >= 4 is 16.8 Å². The van der Waals surface area contributed by atoms with E-state index >= 15 is 0 Å². The Morgan fingerprint density at radius 1 is 1.37 bits per heavy atom. The predicted octanol–water partition coefficient (Wildman–Crippen LogP) is 1.54. The van der Waals surface area contributed by atoms with Gasteiger partial charge in [0.2, 0.25) is 5.91 Å². The van der Waals surface area contributed by atoms with Gasteiger partial charge in [0.05, 0.1) is 5.52 Å². The molecule has 0 aliphatic carbocycles. The van der Waals surface area contributed by atoms with E-state index < -0.39 is 0 Å². The molecule has 1 aliphatic heterocycles. The maximum absolute atomic E-state index is 11.9. The van der Waals surface area contributed by atoms with Crippen LogP contribution in [-0.4, -0.2) is 28.9 Å². The monoisotopic (exact) mass is 255 g/mol. The van der Waals surface area contributed by atoms with E-state index in [1.54, 1.807) is 6.20 Å². The topological polar surface area (TPSA) is 59.2 Å². The summed E-state index contributed by atoms with van der Waals surface area (Å²) in [7, 11) is 0. The number of nitrogens with two attached hydrogens (primary N) is 1. The molecule has 1 aromatic carbocycles. The standard InChI is InChI=1S/C15H17N3O/c16-8-12-7-15(19)18(10-12)9-11-3-4-13-2-1-5-17-14(13)6-11/h1-6,12H,7-10,16H2. The van der Waals surface area contributed by atoms with Crippen molar-refractivity contribution in [2.75, 3.05) is 13.1 Å². The molecule has 1 unspecified atom stereocenters. The quantitative estimate of drug-likeness (QED) is 0.905. The summed E-state index contributed by atoms with van der Waals surface area (Å²) < 4.78 is 0. The third-order valence-corrected chi connectivity index (χ3v) is 3.67. The highest BCUT2D eigenvalue weighted by Gasteiger charge is 2.28. The predicted molar refractivity (Wildman–Crippen MR) is 74.3 cm³/mol. The van der Waals surface area contributed by atoms with Gasteiger partial charge in [-0.25, -0.2) is 0 Å². The molecule has 1 aliphatic rings. The Labute approximate surface area is 112 Å². The minimum Gasteiger partial charge on any atom is -0.338 e. The van der Waals surface area contributed by atoms with Gasteiger partial charge in [0.1, 0.15) is 0 Å². The van der Waals surface area contributed by atoms with Crippen LogP contribution in [0.5, 0.6) is 0 Å². The van der Waals surface area contributed by atoms with Crippen LogP contribution < -0.4 is 5.73 Å². The number of carbonyl (C=O) groups excluding carboxylic acids is 1. The van der Waals surface area contributed by atoms with Crippen molar-refractivity contribution in [1.29, 1.82) is 0 Å². The zero-order valence-electron chi connectivity index (χ0n) is 10.7. The lowest BCUT2D eigenvalue weighted by Crippen LogP contribution is -2.25. The van der Waals surface area contributed by atoms with Gasteiger partial charge in [-0.15, -0.1) is 0 Å². The van der Waals surface area contributed by atoms with Gasteiger partial charge in [-0.05, 0) is 30.2 Å². The van der Waals surface area contributed by atoms with Crippen molar-refractivity contribution in [2.45, 2.75) is 13.0 Å². The minimum atomic E-state index is 0.205. The van der Waals surface area contributed by atoms with Crippen LogP contribution in [0.25, 0.3) is 10.9 Å². The number of carbonyl (C=O) groups is 1. The molecule has 0 saturated carbocycles. The molecule has 0 radical (unpaired) electrons. The van der Waals surface area contributed by atoms with E-state index in [2.05, 4.69) is 23.2 Å². The van der Waals surface area contributed by atoms with Gasteiger partial charge in [-0.3, -0.25) is 9.78 Å². The zero-order valence-corrected chi connectivity index (χ0v) is 10.7. The van der Waals surface area contributed by atoms with Gasteiger partial charge >= 0.3 is 0 Å². The molecule has 3 rings (SSSR count). The number of rotatable bonds is 3. The summed E-state index contributed by atoms with van der Waals surface area (Å²) >= 11 is 0. The Bertz CT molecular complexity index is 611. The first-order chi connectivity index (χ1) is 9.26. The van der Waals surface area contributed by atoms with Crippen molar-refractivity contribution in [1.82, 2.24) is 9.88 Å². The number of likely N-dealkylation sites (tertiary alicyclic amines) is 1. The molecule has 98 valence electrons. The summed E-state index contributed by atoms with van der Waals surface area (Å²) in [6.07, 6.45) is 2.37. The highest BCUT2D eigenvalue weighted by Crippen LogP contribution is 2.20. The lowest BCUT2D eigenvalue weighted by molar-refractivity contribution is -0.128. The first-order valence-corrected chi connectivity index (χ1v) is 6.58. The second-order valence-electron chi connectivity index (χ2n) is 5.11. The van der Waals surface area contributed by atoms with E-state index in [1.165, 1.54) is 0 Å². The molecule has 1 aromatic heterocycles. The molecule has 1 saturated heterocycles. The summed E-state index contributed by atoms with van der Waals surface area (Å²) in [5.74, 6) is 0.516. The minimum absolute atomic E-state index is 0.205. The molecule has 19 heavy (non-hydrogen) atoms. The van der Waals surface area contributed by atoms with E-state index in [1.807, 2.05) is 17.0 Å². The Hall–Kier alpha value is -1.94. The fourth-order valence-electron chi connectivity index (χ4n) is 2.60. The molecule has 0 spiro atoms. The smallest absolute Gasteiger partial charge is 0.223 e. The number of hydrogen-bond donors (Lipinski definition) is 1. The largest absolute Gasteiger partial charge is 0.338 e. The Balaban J connectivity index is 1.80. The number of hydrogen-bond acceptors (Lipinski definition) is 3. The molecule has 2 N–H and O–H groups in total. The van der Waals surface area contributed by atoms with E-state index in [-0.39, 0.29) is 5.91 Å². The molecule has 0 bridgehead atoms. The summed E-state index contributed by atoms with van der Waals surface area (Å²) in [6, 6.07) is 10.1. The zero-order chi connectivity index (χ0) is 13.2. The highest BCUT2D eigenvalue weighted by molar-refractivity contribution is 5.80. The number of amides is 1. The maximum Gasteiger partial charge on any atom is 0.223 e. The third kappa shape index (κ3) is 2.44. The van der Waals surface area contributed by atoms with Crippen molar-refractivity contribution in [2.24, 2.45) is 11.7 Å². The van der Waals surface area contributed by atoms with Gasteiger partial charge in [0.15, 0.2) is 0 Å². The SMILES string of the molecule is NCC1CC(=O)N(Cc2ccc3cccnc3c2)C1. The van der Waals surface area contributed by atoms with E-state index in [0.29, 0.717) is 25.4 Å². The molecule has 1 amide bonds. The van der Waals surface area contributed by atoms with E-state index in [9.17, 15) is 4.79 Å². The number of nitrogens with zero attached hydrogens (tertiary/aromatic N) is 2. The van der Waals surface area contributed by atoms with Crippen LogP contribution in [0.15, 0.2) is 36.5 Å². The van der Waals surface area contributed by atoms with Crippen molar-refractivity contribution in [3.05, 3.63) is 42.1 Å². The number of pyridine rings is 1. The summed E-state index contributed by atoms with van der Waals surface area (Å²) in [6.45, 7) is 2.01. The highest BCUT2D eigenvalue weighted by atomic mass is 16.2.